The van der Waals surface area contributed by atoms with E-state index in [0.717, 1.165) is 19.0 Å². The molecule has 1 aromatic heterocycles. The van der Waals surface area contributed by atoms with E-state index < -0.39 is 48.0 Å². The molecule has 2 atom stereocenters. The Bertz CT molecular complexity index is 1430. The molecule has 210 valence electrons. The van der Waals surface area contributed by atoms with Gasteiger partial charge in [-0.05, 0) is 49.1 Å². The number of nitrogens with zero attached hydrogens (tertiary/aromatic N) is 3. The Labute approximate surface area is 228 Å². The summed E-state index contributed by atoms with van der Waals surface area (Å²) < 4.78 is 49.5. The molecule has 9 nitrogen and oxygen atoms in total. The van der Waals surface area contributed by atoms with E-state index in [4.69, 9.17) is 4.74 Å². The van der Waals surface area contributed by atoms with E-state index in [2.05, 4.69) is 20.6 Å². The first kappa shape index (κ1) is 27.5. The SMILES string of the molecule is C[C@H](C(=O)N[C@H](CO)c1cccc(F)c1)N1Cc2ccc(-c3nc(NC4CCOCC4)ncc3F)c(F)c2C1=O. The quantitative estimate of drug-likeness (QED) is 0.390. The van der Waals surface area contributed by atoms with Gasteiger partial charge in [0.15, 0.2) is 5.82 Å². The largest absolute Gasteiger partial charge is 0.394 e. The molecule has 12 heteroatoms. The third kappa shape index (κ3) is 5.50. The van der Waals surface area contributed by atoms with E-state index in [1.165, 1.54) is 42.2 Å². The molecule has 2 aromatic carbocycles. The summed E-state index contributed by atoms with van der Waals surface area (Å²) >= 11 is 0. The van der Waals surface area contributed by atoms with Crippen LogP contribution < -0.4 is 10.6 Å². The molecule has 0 spiro atoms. The number of halogens is 3. The molecule has 3 aromatic rings. The Morgan fingerprint density at radius 2 is 1.98 bits per heavy atom. The summed E-state index contributed by atoms with van der Waals surface area (Å²) in [4.78, 5) is 35.6. The normalized spacial score (nSPS) is 16.9. The van der Waals surface area contributed by atoms with Crippen LogP contribution >= 0.6 is 0 Å². The number of aliphatic hydroxyl groups is 1. The number of aliphatic hydroxyl groups excluding tert-OH is 1. The van der Waals surface area contributed by atoms with E-state index in [1.807, 2.05) is 0 Å². The molecule has 5 rings (SSSR count). The second kappa shape index (κ2) is 11.6. The molecule has 1 saturated heterocycles. The van der Waals surface area contributed by atoms with Crippen LogP contribution in [0.15, 0.2) is 42.6 Å². The fourth-order valence-electron chi connectivity index (χ4n) is 4.92. The fraction of sp³-hybridized carbons (Fsp3) is 0.357. The molecule has 2 aliphatic rings. The number of hydrogen-bond donors (Lipinski definition) is 3. The molecule has 3 heterocycles. The van der Waals surface area contributed by atoms with Crippen molar-refractivity contribution in [1.29, 1.82) is 0 Å². The highest BCUT2D eigenvalue weighted by atomic mass is 19.1. The van der Waals surface area contributed by atoms with Crippen LogP contribution in [0.1, 0.15) is 47.3 Å². The Kier molecular flexibility index (Phi) is 7.99. The highest BCUT2D eigenvalue weighted by Gasteiger charge is 2.38. The zero-order valence-electron chi connectivity index (χ0n) is 21.7. The number of nitrogens with one attached hydrogen (secondary N) is 2. The zero-order chi connectivity index (χ0) is 28.4. The van der Waals surface area contributed by atoms with Gasteiger partial charge in [-0.2, -0.15) is 0 Å². The number of ether oxygens (including phenoxy) is 1. The van der Waals surface area contributed by atoms with Crippen LogP contribution in [0.3, 0.4) is 0 Å². The molecule has 40 heavy (non-hydrogen) atoms. The van der Waals surface area contributed by atoms with Crippen molar-refractivity contribution < 1.29 is 32.6 Å². The van der Waals surface area contributed by atoms with Crippen molar-refractivity contribution in [3.05, 3.63) is 76.7 Å². The molecule has 1 fully saturated rings. The minimum Gasteiger partial charge on any atom is -0.394 e. The summed E-state index contributed by atoms with van der Waals surface area (Å²) in [5, 5.41) is 15.5. The summed E-state index contributed by atoms with van der Waals surface area (Å²) in [7, 11) is 0. The van der Waals surface area contributed by atoms with Crippen LogP contribution in [-0.4, -0.2) is 63.7 Å². The van der Waals surface area contributed by atoms with Crippen molar-refractivity contribution in [3.8, 4) is 11.3 Å². The first-order chi connectivity index (χ1) is 19.3. The molecule has 3 N–H and O–H groups in total. The maximum Gasteiger partial charge on any atom is 0.258 e. The van der Waals surface area contributed by atoms with Crippen LogP contribution in [0.5, 0.6) is 0 Å². The van der Waals surface area contributed by atoms with Crippen molar-refractivity contribution in [3.63, 3.8) is 0 Å². The van der Waals surface area contributed by atoms with Crippen LogP contribution in [-0.2, 0) is 16.1 Å². The fourth-order valence-corrected chi connectivity index (χ4v) is 4.92. The van der Waals surface area contributed by atoms with Crippen LogP contribution in [0.25, 0.3) is 11.3 Å². The molecular weight excluding hydrogens is 527 g/mol. The maximum atomic E-state index is 15.8. The highest BCUT2D eigenvalue weighted by molar-refractivity contribution is 6.02. The van der Waals surface area contributed by atoms with Gasteiger partial charge in [0.05, 0.1) is 24.4 Å². The average molecular weight is 556 g/mol. The Balaban J connectivity index is 1.35. The second-order valence-corrected chi connectivity index (χ2v) is 9.79. The standard InChI is InChI=1S/C28H28F3N5O4/c1-15(26(38)34-22(14-37)16-3-2-4-18(29)11-16)36-13-17-5-6-20(24(31)23(17)27(36)39)25-21(30)12-32-28(35-25)33-19-7-9-40-10-8-19/h2-6,11-12,15,19,22,37H,7-10,13-14H2,1H3,(H,34,38)(H,32,33,35)/t15-,22-/m1/s1. The predicted octanol–water partition coefficient (Wildman–Crippen LogP) is 3.35. The van der Waals surface area contributed by atoms with Gasteiger partial charge in [0.2, 0.25) is 11.9 Å². The topological polar surface area (TPSA) is 117 Å². The first-order valence-electron chi connectivity index (χ1n) is 12.9. The number of amides is 2. The van der Waals surface area contributed by atoms with Crippen molar-refractivity contribution in [1.82, 2.24) is 20.2 Å². The van der Waals surface area contributed by atoms with Crippen molar-refractivity contribution in [2.45, 2.75) is 44.4 Å². The van der Waals surface area contributed by atoms with Gasteiger partial charge in [-0.15, -0.1) is 0 Å². The summed E-state index contributed by atoms with van der Waals surface area (Å²) in [6.45, 7) is 2.07. The van der Waals surface area contributed by atoms with Crippen molar-refractivity contribution in [2.24, 2.45) is 0 Å². The van der Waals surface area contributed by atoms with E-state index in [9.17, 15) is 23.5 Å². The number of carbonyl (C=O) groups excluding carboxylic acids is 2. The summed E-state index contributed by atoms with van der Waals surface area (Å²) in [6, 6.07) is 6.38. The molecule has 0 aliphatic carbocycles. The van der Waals surface area contributed by atoms with Crippen LogP contribution in [0.2, 0.25) is 0 Å². The Morgan fingerprint density at radius 3 is 2.70 bits per heavy atom. The number of aromatic nitrogens is 2. The predicted molar refractivity (Wildman–Crippen MR) is 139 cm³/mol. The number of fused-ring (bicyclic) bond motifs is 1. The zero-order valence-corrected chi connectivity index (χ0v) is 21.7. The third-order valence-electron chi connectivity index (χ3n) is 7.19. The molecule has 0 bridgehead atoms. The molecule has 2 amide bonds. The van der Waals surface area contributed by atoms with Gasteiger partial charge >= 0.3 is 0 Å². The highest BCUT2D eigenvalue weighted by Crippen LogP contribution is 2.34. The lowest BCUT2D eigenvalue weighted by Crippen LogP contribution is -2.46. The van der Waals surface area contributed by atoms with Crippen LogP contribution in [0.4, 0.5) is 19.1 Å². The number of rotatable bonds is 8. The van der Waals surface area contributed by atoms with E-state index >= 15 is 4.39 Å². The summed E-state index contributed by atoms with van der Waals surface area (Å²) in [6.07, 6.45) is 2.40. The Hall–Kier alpha value is -4.03. The summed E-state index contributed by atoms with van der Waals surface area (Å²) in [5.41, 5.74) is -0.0646. The van der Waals surface area contributed by atoms with Gasteiger partial charge in [-0.25, -0.2) is 23.1 Å². The second-order valence-electron chi connectivity index (χ2n) is 9.79. The van der Waals surface area contributed by atoms with Gasteiger partial charge in [0.25, 0.3) is 5.91 Å². The molecule has 0 unspecified atom stereocenters. The van der Waals surface area contributed by atoms with E-state index in [1.54, 1.807) is 6.07 Å². The number of anilines is 1. The average Bonchev–Trinajstić information content (AvgIpc) is 3.30. The van der Waals surface area contributed by atoms with Crippen molar-refractivity contribution >= 4 is 17.8 Å². The minimum absolute atomic E-state index is 0.0334. The molecular formula is C28H28F3N5O4. The lowest BCUT2D eigenvalue weighted by atomic mass is 10.0. The van der Waals surface area contributed by atoms with E-state index in [-0.39, 0.29) is 35.4 Å². The van der Waals surface area contributed by atoms with Gasteiger partial charge in [-0.1, -0.05) is 18.2 Å². The van der Waals surface area contributed by atoms with Gasteiger partial charge in [0.1, 0.15) is 23.4 Å². The monoisotopic (exact) mass is 555 g/mol. The number of carbonyl (C=O) groups is 2. The molecule has 0 saturated carbocycles. The molecule has 0 radical (unpaired) electrons. The third-order valence-corrected chi connectivity index (χ3v) is 7.19. The van der Waals surface area contributed by atoms with E-state index in [0.29, 0.717) is 24.3 Å². The Morgan fingerprint density at radius 1 is 1.20 bits per heavy atom. The summed E-state index contributed by atoms with van der Waals surface area (Å²) in [5.74, 6) is -3.53. The van der Waals surface area contributed by atoms with Gasteiger partial charge in [-0.3, -0.25) is 9.59 Å². The van der Waals surface area contributed by atoms with Crippen LogP contribution in [0, 0.1) is 17.5 Å². The first-order valence-corrected chi connectivity index (χ1v) is 12.9. The minimum atomic E-state index is -1.04. The lowest BCUT2D eigenvalue weighted by molar-refractivity contribution is -0.126. The smallest absolute Gasteiger partial charge is 0.258 e. The maximum absolute atomic E-state index is 15.8. The van der Waals surface area contributed by atoms with Crippen molar-refractivity contribution in [2.75, 3.05) is 25.1 Å². The van der Waals surface area contributed by atoms with Gasteiger partial charge < -0.3 is 25.4 Å². The molecule has 2 aliphatic heterocycles. The van der Waals surface area contributed by atoms with Gasteiger partial charge in [0, 0.05) is 31.4 Å². The number of hydrogen-bond acceptors (Lipinski definition) is 7. The number of benzene rings is 2. The lowest BCUT2D eigenvalue weighted by Gasteiger charge is -2.26.